The van der Waals surface area contributed by atoms with E-state index in [2.05, 4.69) is 17.2 Å². The Morgan fingerprint density at radius 2 is 2.16 bits per heavy atom. The van der Waals surface area contributed by atoms with E-state index in [0.717, 1.165) is 12.0 Å². The molecule has 1 unspecified atom stereocenters. The molecular weight excluding hydrogens is 322 g/mol. The molecule has 2 aliphatic rings. The summed E-state index contributed by atoms with van der Waals surface area (Å²) in [5.74, 6) is 0.791. The first kappa shape index (κ1) is 17.5. The van der Waals surface area contributed by atoms with Crippen molar-refractivity contribution in [1.82, 2.24) is 9.88 Å². The quantitative estimate of drug-likeness (QED) is 0.904. The lowest BCUT2D eigenvalue weighted by Gasteiger charge is -2.21. The molecular formula is C18H25N3O4. The van der Waals surface area contributed by atoms with Gasteiger partial charge < -0.3 is 9.47 Å². The smallest absolute Gasteiger partial charge is 0.413 e. The molecule has 0 bridgehead atoms. The number of nitrogens with one attached hydrogen (secondary N) is 1. The molecule has 1 aromatic rings. The highest BCUT2D eigenvalue weighted by Crippen LogP contribution is 2.54. The summed E-state index contributed by atoms with van der Waals surface area (Å²) in [5.41, 5.74) is -0.0249. The standard InChI is InChI=1S/C18H25N3O4/c1-11-9-18(11)12(2)21(16(23)25-18)10-13-6-7-19-14(8-13)20-15(22)24-17(3,4)5/h6-8,11-12H,9-10H2,1-5H3,(H,19,20,22)/t11?,12-,18+/m1/s1. The summed E-state index contributed by atoms with van der Waals surface area (Å²) in [6, 6.07) is 3.60. The first-order valence-corrected chi connectivity index (χ1v) is 8.55. The second-order valence-corrected chi connectivity index (χ2v) is 7.91. The number of pyridine rings is 1. The van der Waals surface area contributed by atoms with E-state index in [-0.39, 0.29) is 17.7 Å². The summed E-state index contributed by atoms with van der Waals surface area (Å²) in [4.78, 5) is 29.9. The monoisotopic (exact) mass is 347 g/mol. The van der Waals surface area contributed by atoms with E-state index in [4.69, 9.17) is 9.47 Å². The van der Waals surface area contributed by atoms with E-state index in [1.165, 1.54) is 0 Å². The topological polar surface area (TPSA) is 80.8 Å². The Hall–Kier alpha value is -2.31. The number of carbonyl (C=O) groups is 2. The van der Waals surface area contributed by atoms with Crippen molar-refractivity contribution in [1.29, 1.82) is 0 Å². The molecule has 25 heavy (non-hydrogen) atoms. The Morgan fingerprint density at radius 1 is 1.48 bits per heavy atom. The fourth-order valence-electron chi connectivity index (χ4n) is 3.32. The van der Waals surface area contributed by atoms with Gasteiger partial charge in [-0.1, -0.05) is 6.92 Å². The highest BCUT2D eigenvalue weighted by Gasteiger charge is 2.65. The maximum atomic E-state index is 12.2. The first-order valence-electron chi connectivity index (χ1n) is 8.55. The van der Waals surface area contributed by atoms with E-state index in [9.17, 15) is 9.59 Å². The van der Waals surface area contributed by atoms with Gasteiger partial charge in [0.15, 0.2) is 0 Å². The van der Waals surface area contributed by atoms with E-state index in [1.807, 2.05) is 13.0 Å². The summed E-state index contributed by atoms with van der Waals surface area (Å²) < 4.78 is 10.8. The van der Waals surface area contributed by atoms with Gasteiger partial charge in [-0.2, -0.15) is 0 Å². The zero-order valence-electron chi connectivity index (χ0n) is 15.3. The van der Waals surface area contributed by atoms with Gasteiger partial charge in [-0.25, -0.2) is 14.6 Å². The van der Waals surface area contributed by atoms with Crippen LogP contribution in [0.25, 0.3) is 0 Å². The van der Waals surface area contributed by atoms with Crippen molar-refractivity contribution in [3.05, 3.63) is 23.9 Å². The number of hydrogen-bond donors (Lipinski definition) is 1. The SMILES string of the molecule is CC1C[C@]12OC(=O)N(Cc1ccnc(NC(=O)OC(C)(C)C)c1)[C@@H]2C. The third-order valence-corrected chi connectivity index (χ3v) is 4.79. The lowest BCUT2D eigenvalue weighted by atomic mass is 10.1. The molecule has 7 heteroatoms. The van der Waals surface area contributed by atoms with E-state index in [1.54, 1.807) is 37.9 Å². The molecule has 2 fully saturated rings. The average Bonchev–Trinajstić information content (AvgIpc) is 3.06. The highest BCUT2D eigenvalue weighted by molar-refractivity contribution is 5.83. The Labute approximate surface area is 147 Å². The summed E-state index contributed by atoms with van der Waals surface area (Å²) in [6.07, 6.45) is 1.68. The van der Waals surface area contributed by atoms with Gasteiger partial charge in [0.05, 0.1) is 6.04 Å². The number of amides is 2. The minimum absolute atomic E-state index is 0.0328. The van der Waals surface area contributed by atoms with Crippen molar-refractivity contribution in [3.8, 4) is 0 Å². The molecule has 1 spiro atoms. The Balaban J connectivity index is 1.66. The van der Waals surface area contributed by atoms with Gasteiger partial charge in [0.25, 0.3) is 0 Å². The van der Waals surface area contributed by atoms with Gasteiger partial charge in [-0.15, -0.1) is 0 Å². The number of rotatable bonds is 3. The third-order valence-electron chi connectivity index (χ3n) is 4.79. The molecule has 1 saturated heterocycles. The Morgan fingerprint density at radius 3 is 2.72 bits per heavy atom. The van der Waals surface area contributed by atoms with E-state index in [0.29, 0.717) is 18.3 Å². The molecule has 1 saturated carbocycles. The fourth-order valence-corrected chi connectivity index (χ4v) is 3.32. The number of carbonyl (C=O) groups excluding carboxylic acids is 2. The summed E-state index contributed by atoms with van der Waals surface area (Å²) in [7, 11) is 0. The molecule has 0 aromatic carbocycles. The highest BCUT2D eigenvalue weighted by atomic mass is 16.6. The van der Waals surface area contributed by atoms with E-state index < -0.39 is 11.7 Å². The molecule has 2 amide bonds. The lowest BCUT2D eigenvalue weighted by molar-refractivity contribution is 0.0635. The van der Waals surface area contributed by atoms with Crippen LogP contribution in [-0.2, 0) is 16.0 Å². The van der Waals surface area contributed by atoms with Crippen LogP contribution in [0.15, 0.2) is 18.3 Å². The molecule has 7 nitrogen and oxygen atoms in total. The van der Waals surface area contributed by atoms with Crippen LogP contribution < -0.4 is 5.32 Å². The van der Waals surface area contributed by atoms with Crippen LogP contribution in [0.1, 0.15) is 46.6 Å². The average molecular weight is 347 g/mol. The van der Waals surface area contributed by atoms with Crippen molar-refractivity contribution in [3.63, 3.8) is 0 Å². The molecule has 2 heterocycles. The molecule has 1 aliphatic heterocycles. The van der Waals surface area contributed by atoms with E-state index >= 15 is 0 Å². The molecule has 1 aromatic heterocycles. The minimum Gasteiger partial charge on any atom is -0.444 e. The molecule has 3 rings (SSSR count). The van der Waals surface area contributed by atoms with Crippen molar-refractivity contribution < 1.29 is 19.1 Å². The number of ether oxygens (including phenoxy) is 2. The maximum absolute atomic E-state index is 12.2. The van der Waals surface area contributed by atoms with Crippen molar-refractivity contribution in [2.24, 2.45) is 5.92 Å². The van der Waals surface area contributed by atoms with Crippen LogP contribution in [0.2, 0.25) is 0 Å². The molecule has 1 aliphatic carbocycles. The number of nitrogens with zero attached hydrogens (tertiary/aromatic N) is 2. The van der Waals surface area contributed by atoms with Gasteiger partial charge in [0.2, 0.25) is 0 Å². The van der Waals surface area contributed by atoms with Crippen molar-refractivity contribution in [2.75, 3.05) is 5.32 Å². The Kier molecular flexibility index (Phi) is 4.13. The number of anilines is 1. The Bertz CT molecular complexity index is 700. The molecule has 3 atom stereocenters. The van der Waals surface area contributed by atoms with Crippen LogP contribution in [0.3, 0.4) is 0 Å². The molecule has 1 N–H and O–H groups in total. The van der Waals surface area contributed by atoms with Gasteiger partial charge in [0.1, 0.15) is 17.0 Å². The maximum Gasteiger partial charge on any atom is 0.413 e. The number of aromatic nitrogens is 1. The van der Waals surface area contributed by atoms with Crippen molar-refractivity contribution >= 4 is 18.0 Å². The number of hydrogen-bond acceptors (Lipinski definition) is 5. The summed E-state index contributed by atoms with van der Waals surface area (Å²) in [6.45, 7) is 9.93. The van der Waals surface area contributed by atoms with Gasteiger partial charge in [-0.05, 0) is 51.8 Å². The van der Waals surface area contributed by atoms with Gasteiger partial charge >= 0.3 is 12.2 Å². The normalized spacial score (nSPS) is 28.0. The molecule has 136 valence electrons. The fraction of sp³-hybridized carbons (Fsp3) is 0.611. The van der Waals surface area contributed by atoms with Gasteiger partial charge in [-0.3, -0.25) is 10.2 Å². The predicted molar refractivity (Wildman–Crippen MR) is 92.1 cm³/mol. The van der Waals surface area contributed by atoms with Crippen LogP contribution in [0.4, 0.5) is 15.4 Å². The third kappa shape index (κ3) is 3.55. The summed E-state index contributed by atoms with van der Waals surface area (Å²) >= 11 is 0. The summed E-state index contributed by atoms with van der Waals surface area (Å²) in [5, 5.41) is 2.61. The van der Waals surface area contributed by atoms with Crippen molar-refractivity contribution in [2.45, 2.75) is 64.8 Å². The van der Waals surface area contributed by atoms with Crippen LogP contribution in [0.5, 0.6) is 0 Å². The zero-order valence-corrected chi connectivity index (χ0v) is 15.3. The minimum atomic E-state index is -0.578. The van der Waals surface area contributed by atoms with Crippen LogP contribution in [-0.4, -0.2) is 39.3 Å². The predicted octanol–water partition coefficient (Wildman–Crippen LogP) is 3.55. The van der Waals surface area contributed by atoms with Crippen LogP contribution in [0, 0.1) is 5.92 Å². The van der Waals surface area contributed by atoms with Crippen LogP contribution >= 0.6 is 0 Å². The first-order chi connectivity index (χ1) is 11.6. The zero-order chi connectivity index (χ0) is 18.4. The second-order valence-electron chi connectivity index (χ2n) is 7.91. The van der Waals surface area contributed by atoms with Gasteiger partial charge in [0, 0.05) is 18.7 Å². The molecule has 0 radical (unpaired) electrons. The largest absolute Gasteiger partial charge is 0.444 e. The second kappa shape index (κ2) is 5.89. The lowest BCUT2D eigenvalue weighted by Crippen LogP contribution is -2.35.